The SMILES string of the molecule is COC(=O)CCCCCNCC(=O)OCc1ccccc1. The largest absolute Gasteiger partial charge is 0.469 e. The van der Waals surface area contributed by atoms with Crippen molar-refractivity contribution < 1.29 is 19.1 Å². The zero-order chi connectivity index (χ0) is 15.3. The average Bonchev–Trinajstić information content (AvgIpc) is 2.52. The summed E-state index contributed by atoms with van der Waals surface area (Å²) in [5, 5.41) is 3.03. The number of hydrogen-bond donors (Lipinski definition) is 1. The Kier molecular flexibility index (Phi) is 8.88. The highest BCUT2D eigenvalue weighted by molar-refractivity contribution is 5.71. The normalized spacial score (nSPS) is 10.1. The summed E-state index contributed by atoms with van der Waals surface area (Å²) in [6, 6.07) is 9.59. The van der Waals surface area contributed by atoms with Crippen molar-refractivity contribution in [3.05, 3.63) is 35.9 Å². The Labute approximate surface area is 125 Å². The van der Waals surface area contributed by atoms with Gasteiger partial charge in [0.25, 0.3) is 0 Å². The van der Waals surface area contributed by atoms with Gasteiger partial charge in [0.15, 0.2) is 0 Å². The lowest BCUT2D eigenvalue weighted by Gasteiger charge is -2.06. The molecule has 1 aromatic carbocycles. The van der Waals surface area contributed by atoms with E-state index in [2.05, 4.69) is 10.1 Å². The van der Waals surface area contributed by atoms with Crippen molar-refractivity contribution in [2.45, 2.75) is 32.3 Å². The molecule has 0 fully saturated rings. The quantitative estimate of drug-likeness (QED) is 0.528. The number of unbranched alkanes of at least 4 members (excludes halogenated alkanes) is 2. The highest BCUT2D eigenvalue weighted by Gasteiger charge is 2.03. The Morgan fingerprint density at radius 2 is 1.81 bits per heavy atom. The van der Waals surface area contributed by atoms with Gasteiger partial charge in [-0.25, -0.2) is 0 Å². The Morgan fingerprint density at radius 3 is 2.52 bits per heavy atom. The molecule has 0 amide bonds. The molecule has 0 saturated carbocycles. The van der Waals surface area contributed by atoms with Crippen LogP contribution in [0.1, 0.15) is 31.2 Å². The van der Waals surface area contributed by atoms with Crippen molar-refractivity contribution in [3.63, 3.8) is 0 Å². The lowest BCUT2D eigenvalue weighted by molar-refractivity contribution is -0.144. The molecule has 5 heteroatoms. The highest BCUT2D eigenvalue weighted by Crippen LogP contribution is 2.01. The Balaban J connectivity index is 1.95. The molecule has 1 rings (SSSR count). The number of carbonyl (C=O) groups is 2. The van der Waals surface area contributed by atoms with Gasteiger partial charge in [-0.1, -0.05) is 36.8 Å². The van der Waals surface area contributed by atoms with Crippen LogP contribution >= 0.6 is 0 Å². The monoisotopic (exact) mass is 293 g/mol. The molecular weight excluding hydrogens is 270 g/mol. The van der Waals surface area contributed by atoms with Crippen LogP contribution in [-0.4, -0.2) is 32.1 Å². The Morgan fingerprint density at radius 1 is 1.05 bits per heavy atom. The van der Waals surface area contributed by atoms with Crippen LogP contribution in [0, 0.1) is 0 Å². The molecule has 21 heavy (non-hydrogen) atoms. The Bertz CT molecular complexity index is 420. The molecule has 0 radical (unpaired) electrons. The fourth-order valence-electron chi connectivity index (χ4n) is 1.78. The van der Waals surface area contributed by atoms with E-state index in [-0.39, 0.29) is 18.5 Å². The van der Waals surface area contributed by atoms with Gasteiger partial charge in [-0.15, -0.1) is 0 Å². The zero-order valence-corrected chi connectivity index (χ0v) is 12.5. The summed E-state index contributed by atoms with van der Waals surface area (Å²) in [4.78, 5) is 22.4. The van der Waals surface area contributed by atoms with Gasteiger partial charge in [0.2, 0.25) is 0 Å². The zero-order valence-electron chi connectivity index (χ0n) is 12.5. The first-order valence-electron chi connectivity index (χ1n) is 7.19. The average molecular weight is 293 g/mol. The number of ether oxygens (including phenoxy) is 2. The molecule has 0 saturated heterocycles. The maximum Gasteiger partial charge on any atom is 0.320 e. The summed E-state index contributed by atoms with van der Waals surface area (Å²) < 4.78 is 9.70. The topological polar surface area (TPSA) is 64.6 Å². The van der Waals surface area contributed by atoms with Gasteiger partial charge in [0, 0.05) is 6.42 Å². The van der Waals surface area contributed by atoms with E-state index >= 15 is 0 Å². The summed E-state index contributed by atoms with van der Waals surface area (Å²) in [6.45, 7) is 1.26. The second-order valence-electron chi connectivity index (χ2n) is 4.71. The van der Waals surface area contributed by atoms with Gasteiger partial charge >= 0.3 is 11.9 Å². The van der Waals surface area contributed by atoms with Gasteiger partial charge in [-0.2, -0.15) is 0 Å². The minimum atomic E-state index is -0.256. The lowest BCUT2D eigenvalue weighted by Crippen LogP contribution is -2.25. The first-order chi connectivity index (χ1) is 10.2. The smallest absolute Gasteiger partial charge is 0.320 e. The molecule has 0 spiro atoms. The second-order valence-corrected chi connectivity index (χ2v) is 4.71. The minimum absolute atomic E-state index is 0.174. The lowest BCUT2D eigenvalue weighted by atomic mass is 10.2. The van der Waals surface area contributed by atoms with Gasteiger partial charge < -0.3 is 14.8 Å². The van der Waals surface area contributed by atoms with Crippen LogP contribution in [-0.2, 0) is 25.7 Å². The van der Waals surface area contributed by atoms with E-state index in [4.69, 9.17) is 4.74 Å². The summed E-state index contributed by atoms with van der Waals surface area (Å²) in [5.74, 6) is -0.430. The van der Waals surface area contributed by atoms with Gasteiger partial charge in [-0.05, 0) is 24.9 Å². The maximum absolute atomic E-state index is 11.5. The van der Waals surface area contributed by atoms with E-state index in [1.54, 1.807) is 0 Å². The molecule has 0 unspecified atom stereocenters. The highest BCUT2D eigenvalue weighted by atomic mass is 16.5. The fraction of sp³-hybridized carbons (Fsp3) is 0.500. The van der Waals surface area contributed by atoms with Gasteiger partial charge in [-0.3, -0.25) is 9.59 Å². The van der Waals surface area contributed by atoms with Crippen LogP contribution in [0.4, 0.5) is 0 Å². The van der Waals surface area contributed by atoms with Crippen molar-refractivity contribution in [3.8, 4) is 0 Å². The van der Waals surface area contributed by atoms with Crippen molar-refractivity contribution in [1.82, 2.24) is 5.32 Å². The minimum Gasteiger partial charge on any atom is -0.469 e. The van der Waals surface area contributed by atoms with E-state index in [0.717, 1.165) is 31.4 Å². The Hall–Kier alpha value is -1.88. The van der Waals surface area contributed by atoms with Crippen molar-refractivity contribution in [2.24, 2.45) is 0 Å². The molecule has 5 nitrogen and oxygen atoms in total. The summed E-state index contributed by atoms with van der Waals surface area (Å²) in [5.41, 5.74) is 0.980. The second kappa shape index (κ2) is 10.9. The fourth-order valence-corrected chi connectivity index (χ4v) is 1.78. The first kappa shape index (κ1) is 17.2. The van der Waals surface area contributed by atoms with Gasteiger partial charge in [0.05, 0.1) is 13.7 Å². The molecular formula is C16H23NO4. The van der Waals surface area contributed by atoms with E-state index in [9.17, 15) is 9.59 Å². The molecule has 116 valence electrons. The number of carbonyl (C=O) groups excluding carboxylic acids is 2. The summed E-state index contributed by atoms with van der Waals surface area (Å²) in [7, 11) is 1.39. The molecule has 0 aromatic heterocycles. The van der Waals surface area contributed by atoms with Crippen LogP contribution < -0.4 is 5.32 Å². The van der Waals surface area contributed by atoms with E-state index < -0.39 is 0 Å². The van der Waals surface area contributed by atoms with E-state index in [1.807, 2.05) is 30.3 Å². The predicted octanol–water partition coefficient (Wildman–Crippen LogP) is 2.05. The molecule has 0 atom stereocenters. The van der Waals surface area contributed by atoms with Crippen molar-refractivity contribution in [1.29, 1.82) is 0 Å². The molecule has 0 bridgehead atoms. The summed E-state index contributed by atoms with van der Waals surface area (Å²) in [6.07, 6.45) is 3.12. The number of benzene rings is 1. The number of nitrogens with one attached hydrogen (secondary N) is 1. The van der Waals surface area contributed by atoms with Crippen LogP contribution in [0.2, 0.25) is 0 Å². The molecule has 0 aliphatic carbocycles. The maximum atomic E-state index is 11.5. The molecule has 0 aliphatic rings. The van der Waals surface area contributed by atoms with E-state index in [0.29, 0.717) is 13.0 Å². The molecule has 0 heterocycles. The van der Waals surface area contributed by atoms with Crippen LogP contribution in [0.15, 0.2) is 30.3 Å². The number of rotatable bonds is 10. The van der Waals surface area contributed by atoms with E-state index in [1.165, 1.54) is 7.11 Å². The third-order valence-corrected chi connectivity index (χ3v) is 2.97. The first-order valence-corrected chi connectivity index (χ1v) is 7.19. The van der Waals surface area contributed by atoms with Gasteiger partial charge in [0.1, 0.15) is 6.61 Å². The third-order valence-electron chi connectivity index (χ3n) is 2.97. The number of methoxy groups -OCH3 is 1. The van der Waals surface area contributed by atoms with Crippen LogP contribution in [0.5, 0.6) is 0 Å². The predicted molar refractivity (Wildman–Crippen MR) is 79.6 cm³/mol. The molecule has 0 aliphatic heterocycles. The van der Waals surface area contributed by atoms with Crippen molar-refractivity contribution >= 4 is 11.9 Å². The molecule has 1 aromatic rings. The number of hydrogen-bond acceptors (Lipinski definition) is 5. The summed E-state index contributed by atoms with van der Waals surface area (Å²) >= 11 is 0. The standard InChI is InChI=1S/C16H23NO4/c1-20-15(18)10-6-3-7-11-17-12-16(19)21-13-14-8-4-2-5-9-14/h2,4-5,8-9,17H,3,6-7,10-13H2,1H3. The third kappa shape index (κ3) is 8.81. The van der Waals surface area contributed by atoms with Crippen molar-refractivity contribution in [2.75, 3.05) is 20.2 Å². The van der Waals surface area contributed by atoms with Crippen LogP contribution in [0.25, 0.3) is 0 Å². The number of esters is 2. The molecule has 1 N–H and O–H groups in total. The van der Waals surface area contributed by atoms with Crippen LogP contribution in [0.3, 0.4) is 0 Å².